The highest BCUT2D eigenvalue weighted by Crippen LogP contribution is 2.33. The lowest BCUT2D eigenvalue weighted by Gasteiger charge is -2.47. The zero-order chi connectivity index (χ0) is 12.8. The molecule has 102 valence electrons. The van der Waals surface area contributed by atoms with Gasteiger partial charge in [0, 0.05) is 12.1 Å². The third-order valence-corrected chi connectivity index (χ3v) is 4.28. The van der Waals surface area contributed by atoms with Gasteiger partial charge in [0.15, 0.2) is 0 Å². The Morgan fingerprint density at radius 2 is 1.88 bits per heavy atom. The van der Waals surface area contributed by atoms with Gasteiger partial charge in [-0.1, -0.05) is 27.7 Å². The topological polar surface area (TPSA) is 15.3 Å². The summed E-state index contributed by atoms with van der Waals surface area (Å²) in [6, 6.07) is 1.59. The smallest absolute Gasteiger partial charge is 0.0138 e. The van der Waals surface area contributed by atoms with Crippen molar-refractivity contribution in [1.82, 2.24) is 10.2 Å². The summed E-state index contributed by atoms with van der Waals surface area (Å²) in [5.41, 5.74) is 0. The van der Waals surface area contributed by atoms with E-state index in [0.29, 0.717) is 0 Å². The Kier molecular flexibility index (Phi) is 6.50. The minimum atomic E-state index is 0.748. The van der Waals surface area contributed by atoms with E-state index in [1.807, 2.05) is 0 Å². The fraction of sp³-hybridized carbons (Fsp3) is 1.00. The van der Waals surface area contributed by atoms with Gasteiger partial charge in [0.05, 0.1) is 0 Å². The third-order valence-electron chi connectivity index (χ3n) is 4.28. The van der Waals surface area contributed by atoms with Crippen LogP contribution in [0.2, 0.25) is 0 Å². The molecule has 1 aliphatic carbocycles. The number of rotatable bonds is 8. The highest BCUT2D eigenvalue weighted by Gasteiger charge is 2.35. The Balaban J connectivity index is 2.33. The second-order valence-corrected chi connectivity index (χ2v) is 6.04. The minimum absolute atomic E-state index is 0.748. The normalized spacial score (nSPS) is 26.3. The molecular weight excluding hydrogens is 208 g/mol. The largest absolute Gasteiger partial charge is 0.316 e. The molecule has 1 fully saturated rings. The molecule has 1 saturated carbocycles. The van der Waals surface area contributed by atoms with E-state index in [1.54, 1.807) is 0 Å². The number of nitrogens with zero attached hydrogens (tertiary/aromatic N) is 1. The summed E-state index contributed by atoms with van der Waals surface area (Å²) in [6.07, 6.45) is 4.10. The van der Waals surface area contributed by atoms with E-state index in [-0.39, 0.29) is 0 Å². The van der Waals surface area contributed by atoms with Crippen LogP contribution < -0.4 is 5.32 Å². The highest BCUT2D eigenvalue weighted by molar-refractivity contribution is 4.91. The molecule has 1 rings (SSSR count). The van der Waals surface area contributed by atoms with Gasteiger partial charge in [0.1, 0.15) is 0 Å². The Bertz CT molecular complexity index is 203. The maximum Gasteiger partial charge on any atom is 0.0138 e. The van der Waals surface area contributed by atoms with E-state index in [0.717, 1.165) is 23.9 Å². The maximum atomic E-state index is 3.63. The zero-order valence-corrected chi connectivity index (χ0v) is 12.5. The molecule has 2 nitrogen and oxygen atoms in total. The van der Waals surface area contributed by atoms with Crippen molar-refractivity contribution in [3.63, 3.8) is 0 Å². The molecule has 17 heavy (non-hydrogen) atoms. The predicted molar refractivity (Wildman–Crippen MR) is 76.4 cm³/mol. The van der Waals surface area contributed by atoms with Gasteiger partial charge in [-0.3, -0.25) is 4.90 Å². The molecule has 3 atom stereocenters. The highest BCUT2D eigenvalue weighted by atomic mass is 15.2. The summed E-state index contributed by atoms with van der Waals surface area (Å²) in [6.45, 7) is 15.1. The minimum Gasteiger partial charge on any atom is -0.316 e. The van der Waals surface area contributed by atoms with Crippen molar-refractivity contribution < 1.29 is 0 Å². The molecule has 0 amide bonds. The van der Waals surface area contributed by atoms with Crippen LogP contribution in [-0.2, 0) is 0 Å². The SMILES string of the molecule is CCC(C)N(CC)C1CCC1CNCC(C)C. The maximum absolute atomic E-state index is 3.63. The molecule has 0 spiro atoms. The predicted octanol–water partition coefficient (Wildman–Crippen LogP) is 3.13. The van der Waals surface area contributed by atoms with Crippen LogP contribution in [0.3, 0.4) is 0 Å². The van der Waals surface area contributed by atoms with Crippen LogP contribution >= 0.6 is 0 Å². The van der Waals surface area contributed by atoms with Crippen molar-refractivity contribution in [2.45, 2.75) is 66.0 Å². The average molecular weight is 240 g/mol. The summed E-state index contributed by atoms with van der Waals surface area (Å²) in [5, 5.41) is 3.63. The molecule has 0 radical (unpaired) electrons. The van der Waals surface area contributed by atoms with Crippen LogP contribution in [-0.4, -0.2) is 36.6 Å². The van der Waals surface area contributed by atoms with Gasteiger partial charge in [0.2, 0.25) is 0 Å². The molecular formula is C15H32N2. The first-order chi connectivity index (χ1) is 8.10. The van der Waals surface area contributed by atoms with E-state index < -0.39 is 0 Å². The molecule has 0 aromatic heterocycles. The van der Waals surface area contributed by atoms with Gasteiger partial charge in [-0.2, -0.15) is 0 Å². The summed E-state index contributed by atoms with van der Waals surface area (Å²) < 4.78 is 0. The van der Waals surface area contributed by atoms with Crippen LogP contribution in [0.15, 0.2) is 0 Å². The van der Waals surface area contributed by atoms with E-state index in [1.165, 1.54) is 38.9 Å². The first kappa shape index (κ1) is 15.0. The number of hydrogen-bond donors (Lipinski definition) is 1. The second kappa shape index (κ2) is 7.38. The molecule has 2 heteroatoms. The van der Waals surface area contributed by atoms with Gasteiger partial charge in [-0.25, -0.2) is 0 Å². The van der Waals surface area contributed by atoms with Crippen molar-refractivity contribution in [3.05, 3.63) is 0 Å². The molecule has 0 heterocycles. The fourth-order valence-electron chi connectivity index (χ4n) is 2.89. The van der Waals surface area contributed by atoms with Crippen LogP contribution in [0.1, 0.15) is 53.9 Å². The molecule has 1 N–H and O–H groups in total. The van der Waals surface area contributed by atoms with Crippen LogP contribution in [0, 0.1) is 11.8 Å². The summed E-state index contributed by atoms with van der Waals surface area (Å²) >= 11 is 0. The van der Waals surface area contributed by atoms with E-state index in [4.69, 9.17) is 0 Å². The summed E-state index contributed by atoms with van der Waals surface area (Å²) in [4.78, 5) is 2.71. The van der Waals surface area contributed by atoms with Crippen molar-refractivity contribution in [3.8, 4) is 0 Å². The molecule has 1 aliphatic rings. The van der Waals surface area contributed by atoms with Gasteiger partial charge >= 0.3 is 0 Å². The summed E-state index contributed by atoms with van der Waals surface area (Å²) in [5.74, 6) is 1.66. The molecule has 0 aliphatic heterocycles. The lowest BCUT2D eigenvalue weighted by atomic mass is 9.77. The Morgan fingerprint density at radius 3 is 2.29 bits per heavy atom. The first-order valence-electron chi connectivity index (χ1n) is 7.56. The second-order valence-electron chi connectivity index (χ2n) is 6.04. The molecule has 0 bridgehead atoms. The van der Waals surface area contributed by atoms with Crippen molar-refractivity contribution in [2.24, 2.45) is 11.8 Å². The molecule has 3 unspecified atom stereocenters. The Morgan fingerprint density at radius 1 is 1.18 bits per heavy atom. The van der Waals surface area contributed by atoms with E-state index in [9.17, 15) is 0 Å². The van der Waals surface area contributed by atoms with E-state index >= 15 is 0 Å². The molecule has 0 aromatic carbocycles. The van der Waals surface area contributed by atoms with Crippen molar-refractivity contribution in [1.29, 1.82) is 0 Å². The lowest BCUT2D eigenvalue weighted by molar-refractivity contribution is 0.0354. The van der Waals surface area contributed by atoms with Crippen molar-refractivity contribution in [2.75, 3.05) is 19.6 Å². The first-order valence-corrected chi connectivity index (χ1v) is 7.56. The number of hydrogen-bond acceptors (Lipinski definition) is 2. The monoisotopic (exact) mass is 240 g/mol. The van der Waals surface area contributed by atoms with Gasteiger partial charge in [-0.05, 0) is 57.7 Å². The Labute approximate surface area is 108 Å². The fourth-order valence-corrected chi connectivity index (χ4v) is 2.89. The molecule has 0 saturated heterocycles. The zero-order valence-electron chi connectivity index (χ0n) is 12.5. The number of nitrogens with one attached hydrogen (secondary N) is 1. The van der Waals surface area contributed by atoms with Crippen LogP contribution in [0.25, 0.3) is 0 Å². The van der Waals surface area contributed by atoms with E-state index in [2.05, 4.69) is 44.8 Å². The van der Waals surface area contributed by atoms with Gasteiger partial charge < -0.3 is 5.32 Å². The van der Waals surface area contributed by atoms with Crippen LogP contribution in [0.5, 0.6) is 0 Å². The standard InChI is InChI=1S/C15H32N2/c1-6-13(5)17(7-2)15-9-8-14(15)11-16-10-12(3)4/h12-16H,6-11H2,1-5H3. The van der Waals surface area contributed by atoms with Gasteiger partial charge in [0.25, 0.3) is 0 Å². The quantitative estimate of drug-likeness (QED) is 0.701. The third kappa shape index (κ3) is 4.26. The lowest BCUT2D eigenvalue weighted by Crippen LogP contribution is -2.53. The van der Waals surface area contributed by atoms with Crippen molar-refractivity contribution >= 4 is 0 Å². The summed E-state index contributed by atoms with van der Waals surface area (Å²) in [7, 11) is 0. The average Bonchev–Trinajstić information content (AvgIpc) is 2.28. The van der Waals surface area contributed by atoms with Crippen LogP contribution in [0.4, 0.5) is 0 Å². The molecule has 0 aromatic rings. The van der Waals surface area contributed by atoms with Gasteiger partial charge in [-0.15, -0.1) is 0 Å². The Hall–Kier alpha value is -0.0800.